The normalized spacial score (nSPS) is 11.2. The maximum atomic E-state index is 5.32. The van der Waals surface area contributed by atoms with Gasteiger partial charge in [0.05, 0.1) is 12.0 Å². The second-order valence-corrected chi connectivity index (χ2v) is 6.19. The van der Waals surface area contributed by atoms with E-state index in [-0.39, 0.29) is 0 Å². The topological polar surface area (TPSA) is 60.0 Å². The van der Waals surface area contributed by atoms with Crippen LogP contribution in [0.3, 0.4) is 0 Å². The lowest BCUT2D eigenvalue weighted by Crippen LogP contribution is -2.17. The SMILES string of the molecule is CN(Cc1cnc(-c2ccco2)nc1)Cc1cccc(-n2cccn2)c1. The van der Waals surface area contributed by atoms with Crippen LogP contribution in [0, 0.1) is 0 Å². The number of furan rings is 1. The molecular formula is C20H19N5O. The van der Waals surface area contributed by atoms with Crippen molar-refractivity contribution in [2.24, 2.45) is 0 Å². The van der Waals surface area contributed by atoms with Crippen molar-refractivity contribution in [1.82, 2.24) is 24.6 Å². The van der Waals surface area contributed by atoms with Crippen molar-refractivity contribution in [1.29, 1.82) is 0 Å². The number of benzene rings is 1. The standard InChI is InChI=1S/C20H19N5O/c1-24(14-16-5-2-6-18(11-16)25-9-4-8-23-25)15-17-12-21-20(22-13-17)19-7-3-10-26-19/h2-13H,14-15H2,1H3. The fourth-order valence-electron chi connectivity index (χ4n) is 2.87. The van der Waals surface area contributed by atoms with E-state index >= 15 is 0 Å². The maximum Gasteiger partial charge on any atom is 0.195 e. The first kappa shape index (κ1) is 16.2. The quantitative estimate of drug-likeness (QED) is 0.535. The minimum Gasteiger partial charge on any atom is -0.461 e. The van der Waals surface area contributed by atoms with Crippen LogP contribution in [0.1, 0.15) is 11.1 Å². The van der Waals surface area contributed by atoms with E-state index in [1.54, 1.807) is 12.5 Å². The van der Waals surface area contributed by atoms with Crippen molar-refractivity contribution >= 4 is 0 Å². The van der Waals surface area contributed by atoms with E-state index in [0.717, 1.165) is 24.3 Å². The number of hydrogen-bond donors (Lipinski definition) is 0. The van der Waals surface area contributed by atoms with Gasteiger partial charge >= 0.3 is 0 Å². The zero-order chi connectivity index (χ0) is 17.8. The van der Waals surface area contributed by atoms with Gasteiger partial charge in [0.2, 0.25) is 0 Å². The highest BCUT2D eigenvalue weighted by Gasteiger charge is 2.07. The van der Waals surface area contributed by atoms with E-state index in [2.05, 4.69) is 51.3 Å². The molecule has 0 saturated carbocycles. The Labute approximate surface area is 151 Å². The second-order valence-electron chi connectivity index (χ2n) is 6.19. The Hall–Kier alpha value is -3.25. The molecule has 1 aromatic carbocycles. The van der Waals surface area contributed by atoms with Crippen molar-refractivity contribution in [3.63, 3.8) is 0 Å². The molecule has 6 nitrogen and oxygen atoms in total. The smallest absolute Gasteiger partial charge is 0.195 e. The molecule has 6 heteroatoms. The molecule has 0 N–H and O–H groups in total. The molecule has 130 valence electrons. The van der Waals surface area contributed by atoms with Crippen LogP contribution in [-0.4, -0.2) is 31.7 Å². The van der Waals surface area contributed by atoms with Crippen LogP contribution in [-0.2, 0) is 13.1 Å². The molecule has 3 heterocycles. The molecule has 0 amide bonds. The predicted octanol–water partition coefficient (Wildman–Crippen LogP) is 3.55. The van der Waals surface area contributed by atoms with Crippen LogP contribution in [0.15, 0.2) is 77.9 Å². The highest BCUT2D eigenvalue weighted by Crippen LogP contribution is 2.16. The summed E-state index contributed by atoms with van der Waals surface area (Å²) in [5.41, 5.74) is 3.35. The molecule has 0 unspecified atom stereocenters. The van der Waals surface area contributed by atoms with Crippen LogP contribution in [0.2, 0.25) is 0 Å². The van der Waals surface area contributed by atoms with Gasteiger partial charge in [-0.05, 0) is 42.9 Å². The molecule has 4 rings (SSSR count). The average Bonchev–Trinajstić information content (AvgIpc) is 3.37. The minimum absolute atomic E-state index is 0.605. The Morgan fingerprint density at radius 1 is 1.00 bits per heavy atom. The average molecular weight is 345 g/mol. The maximum absolute atomic E-state index is 5.32. The summed E-state index contributed by atoms with van der Waals surface area (Å²) in [5, 5.41) is 4.28. The zero-order valence-electron chi connectivity index (χ0n) is 14.5. The molecule has 0 fully saturated rings. The van der Waals surface area contributed by atoms with Gasteiger partial charge in [0, 0.05) is 43.4 Å². The first-order chi connectivity index (χ1) is 12.8. The van der Waals surface area contributed by atoms with Gasteiger partial charge in [0.25, 0.3) is 0 Å². The summed E-state index contributed by atoms with van der Waals surface area (Å²) in [7, 11) is 2.08. The van der Waals surface area contributed by atoms with Crippen LogP contribution < -0.4 is 0 Å². The summed E-state index contributed by atoms with van der Waals surface area (Å²) < 4.78 is 7.18. The van der Waals surface area contributed by atoms with E-state index in [1.807, 2.05) is 41.5 Å². The van der Waals surface area contributed by atoms with Crippen molar-refractivity contribution in [2.45, 2.75) is 13.1 Å². The van der Waals surface area contributed by atoms with E-state index in [9.17, 15) is 0 Å². The summed E-state index contributed by atoms with van der Waals surface area (Å²) in [4.78, 5) is 11.0. The lowest BCUT2D eigenvalue weighted by Gasteiger charge is -2.17. The second kappa shape index (κ2) is 7.33. The number of hydrogen-bond acceptors (Lipinski definition) is 5. The number of rotatable bonds is 6. The molecular weight excluding hydrogens is 326 g/mol. The van der Waals surface area contributed by atoms with E-state index in [0.29, 0.717) is 11.6 Å². The summed E-state index contributed by atoms with van der Waals surface area (Å²) in [6, 6.07) is 14.0. The van der Waals surface area contributed by atoms with Gasteiger partial charge in [-0.15, -0.1) is 0 Å². The van der Waals surface area contributed by atoms with Crippen LogP contribution in [0.25, 0.3) is 17.3 Å². The Balaban J connectivity index is 1.41. The van der Waals surface area contributed by atoms with Crippen molar-refractivity contribution in [3.05, 3.63) is 84.6 Å². The van der Waals surface area contributed by atoms with Gasteiger partial charge in [-0.2, -0.15) is 5.10 Å². The zero-order valence-corrected chi connectivity index (χ0v) is 14.5. The summed E-state index contributed by atoms with van der Waals surface area (Å²) in [6.07, 6.45) is 9.05. The Kier molecular flexibility index (Phi) is 4.57. The highest BCUT2D eigenvalue weighted by molar-refractivity contribution is 5.45. The van der Waals surface area contributed by atoms with Gasteiger partial charge in [-0.25, -0.2) is 14.6 Å². The van der Waals surface area contributed by atoms with Gasteiger partial charge in [0.15, 0.2) is 11.6 Å². The minimum atomic E-state index is 0.605. The Morgan fingerprint density at radius 3 is 2.58 bits per heavy atom. The van der Waals surface area contributed by atoms with E-state index in [4.69, 9.17) is 4.42 Å². The van der Waals surface area contributed by atoms with Crippen LogP contribution >= 0.6 is 0 Å². The fourth-order valence-corrected chi connectivity index (χ4v) is 2.87. The van der Waals surface area contributed by atoms with Gasteiger partial charge < -0.3 is 4.42 Å². The summed E-state index contributed by atoms with van der Waals surface area (Å²) in [5.74, 6) is 1.29. The molecule has 0 atom stereocenters. The van der Waals surface area contributed by atoms with Crippen molar-refractivity contribution < 1.29 is 4.42 Å². The van der Waals surface area contributed by atoms with Gasteiger partial charge in [-0.3, -0.25) is 4.90 Å². The summed E-state index contributed by atoms with van der Waals surface area (Å²) >= 11 is 0. The van der Waals surface area contributed by atoms with Crippen molar-refractivity contribution in [2.75, 3.05) is 7.05 Å². The molecule has 0 saturated heterocycles. The van der Waals surface area contributed by atoms with E-state index < -0.39 is 0 Å². The monoisotopic (exact) mass is 345 g/mol. The lowest BCUT2D eigenvalue weighted by atomic mass is 10.2. The number of aromatic nitrogens is 4. The molecule has 26 heavy (non-hydrogen) atoms. The summed E-state index contributed by atoms with van der Waals surface area (Å²) in [6.45, 7) is 1.60. The van der Waals surface area contributed by atoms with Gasteiger partial charge in [0.1, 0.15) is 0 Å². The molecule has 0 bridgehead atoms. The van der Waals surface area contributed by atoms with Crippen molar-refractivity contribution in [3.8, 4) is 17.3 Å². The number of nitrogens with zero attached hydrogens (tertiary/aromatic N) is 5. The Bertz CT molecular complexity index is 946. The molecule has 3 aromatic heterocycles. The lowest BCUT2D eigenvalue weighted by molar-refractivity contribution is 0.318. The Morgan fingerprint density at radius 2 is 1.85 bits per heavy atom. The van der Waals surface area contributed by atoms with Crippen LogP contribution in [0.4, 0.5) is 0 Å². The van der Waals surface area contributed by atoms with Crippen LogP contribution in [0.5, 0.6) is 0 Å². The molecule has 0 aliphatic carbocycles. The molecule has 4 aromatic rings. The molecule has 0 aliphatic heterocycles. The molecule has 0 radical (unpaired) electrons. The third-order valence-corrected chi connectivity index (χ3v) is 4.03. The third-order valence-electron chi connectivity index (χ3n) is 4.03. The first-order valence-electron chi connectivity index (χ1n) is 8.40. The van der Waals surface area contributed by atoms with E-state index in [1.165, 1.54) is 5.56 Å². The largest absolute Gasteiger partial charge is 0.461 e. The highest BCUT2D eigenvalue weighted by atomic mass is 16.3. The predicted molar refractivity (Wildman–Crippen MR) is 98.5 cm³/mol. The third kappa shape index (κ3) is 3.70. The molecule has 0 aliphatic rings. The fraction of sp³-hybridized carbons (Fsp3) is 0.150. The van der Waals surface area contributed by atoms with Gasteiger partial charge in [-0.1, -0.05) is 12.1 Å². The first-order valence-corrected chi connectivity index (χ1v) is 8.40. The molecule has 0 spiro atoms.